The Balaban J connectivity index is 1.75. The number of benzene rings is 1. The lowest BCUT2D eigenvalue weighted by atomic mass is 9.82. The first-order chi connectivity index (χ1) is 11.1. The number of fused-ring (bicyclic) bond motifs is 1. The molecule has 3 rings (SSSR count). The van der Waals surface area contributed by atoms with Crippen LogP contribution in [0, 0.1) is 0 Å². The molecule has 0 unspecified atom stereocenters. The lowest BCUT2D eigenvalue weighted by Crippen LogP contribution is -2.52. The fraction of sp³-hybridized carbons (Fsp3) is 0.529. The van der Waals surface area contributed by atoms with Gasteiger partial charge in [-0.2, -0.15) is 0 Å². The molecular formula is C17H20ClNO4. The number of Topliss-reactive ketones (excluding diaryl/α,β-unsaturated/α-hetero) is 1. The Bertz CT molecular complexity index is 623. The zero-order valence-corrected chi connectivity index (χ0v) is 13.9. The highest BCUT2D eigenvalue weighted by atomic mass is 35.5. The summed E-state index contributed by atoms with van der Waals surface area (Å²) in [5, 5.41) is 0. The van der Waals surface area contributed by atoms with Gasteiger partial charge in [0.15, 0.2) is 5.78 Å². The maximum Gasteiger partial charge on any atom is 0.223 e. The van der Waals surface area contributed by atoms with Crippen molar-refractivity contribution in [2.24, 2.45) is 0 Å². The van der Waals surface area contributed by atoms with Crippen LogP contribution in [0.25, 0.3) is 0 Å². The molecule has 5 nitrogen and oxygen atoms in total. The van der Waals surface area contributed by atoms with E-state index in [1.54, 1.807) is 25.3 Å². The Morgan fingerprint density at radius 3 is 2.78 bits per heavy atom. The summed E-state index contributed by atoms with van der Waals surface area (Å²) in [5.74, 6) is 1.75. The Morgan fingerprint density at radius 2 is 2.13 bits per heavy atom. The van der Waals surface area contributed by atoms with Crippen molar-refractivity contribution in [3.8, 4) is 11.5 Å². The zero-order chi connectivity index (χ0) is 16.4. The first kappa shape index (κ1) is 16.1. The van der Waals surface area contributed by atoms with Crippen molar-refractivity contribution in [3.05, 3.63) is 23.8 Å². The smallest absolute Gasteiger partial charge is 0.223 e. The minimum atomic E-state index is -0.506. The number of ketones is 1. The van der Waals surface area contributed by atoms with E-state index >= 15 is 0 Å². The summed E-state index contributed by atoms with van der Waals surface area (Å²) in [6.07, 6.45) is 2.03. The first-order valence-electron chi connectivity index (χ1n) is 7.81. The Hall–Kier alpha value is -1.75. The number of amides is 1. The van der Waals surface area contributed by atoms with Gasteiger partial charge < -0.3 is 14.4 Å². The number of carbonyl (C=O) groups excluding carboxylic acids is 2. The molecule has 1 fully saturated rings. The van der Waals surface area contributed by atoms with Crippen molar-refractivity contribution in [3.63, 3.8) is 0 Å². The lowest BCUT2D eigenvalue weighted by Gasteiger charge is -2.44. The summed E-state index contributed by atoms with van der Waals surface area (Å²) in [5.41, 5.74) is 0.103. The number of likely N-dealkylation sites (tertiary alicyclic amines) is 1. The third-order valence-corrected chi connectivity index (χ3v) is 4.82. The highest BCUT2D eigenvalue weighted by Gasteiger charge is 2.43. The number of halogens is 1. The molecule has 0 saturated carbocycles. The molecule has 2 aliphatic rings. The molecule has 0 atom stereocenters. The summed E-state index contributed by atoms with van der Waals surface area (Å²) in [6.45, 7) is 1.20. The minimum Gasteiger partial charge on any atom is -0.497 e. The summed E-state index contributed by atoms with van der Waals surface area (Å²) in [7, 11) is 1.59. The summed E-state index contributed by atoms with van der Waals surface area (Å²) in [4.78, 5) is 26.2. The van der Waals surface area contributed by atoms with Crippen molar-refractivity contribution in [1.29, 1.82) is 0 Å². The molecule has 0 bridgehead atoms. The van der Waals surface area contributed by atoms with Crippen LogP contribution in [0.1, 0.15) is 36.0 Å². The molecule has 0 aromatic heterocycles. The number of alkyl halides is 1. The van der Waals surface area contributed by atoms with Crippen LogP contribution in [0.4, 0.5) is 0 Å². The number of carbonyl (C=O) groups is 2. The maximum absolute atomic E-state index is 12.5. The van der Waals surface area contributed by atoms with Crippen LogP contribution < -0.4 is 9.47 Å². The Morgan fingerprint density at radius 1 is 1.39 bits per heavy atom. The molecule has 0 radical (unpaired) electrons. The summed E-state index contributed by atoms with van der Waals surface area (Å²) in [6, 6.07) is 5.28. The van der Waals surface area contributed by atoms with Crippen molar-refractivity contribution < 1.29 is 19.1 Å². The number of ether oxygens (including phenoxy) is 2. The van der Waals surface area contributed by atoms with Crippen LogP contribution in [0.5, 0.6) is 11.5 Å². The van der Waals surface area contributed by atoms with Crippen LogP contribution in [0.2, 0.25) is 0 Å². The average molecular weight is 338 g/mol. The van der Waals surface area contributed by atoms with Crippen LogP contribution in [0.15, 0.2) is 18.2 Å². The largest absolute Gasteiger partial charge is 0.497 e. The van der Waals surface area contributed by atoms with E-state index in [4.69, 9.17) is 21.1 Å². The Labute approximate surface area is 140 Å². The molecule has 1 spiro atoms. The van der Waals surface area contributed by atoms with Crippen LogP contribution in [-0.2, 0) is 4.79 Å². The van der Waals surface area contributed by atoms with Gasteiger partial charge in [-0.15, -0.1) is 11.6 Å². The molecule has 124 valence electrons. The SMILES string of the molecule is COc1ccc2c(c1)OC1(CCN(C(=O)CCCl)CC1)CC2=O. The molecule has 1 saturated heterocycles. The fourth-order valence-corrected chi connectivity index (χ4v) is 3.44. The van der Waals surface area contributed by atoms with Gasteiger partial charge in [0.25, 0.3) is 0 Å². The monoisotopic (exact) mass is 337 g/mol. The number of hydrogen-bond acceptors (Lipinski definition) is 4. The standard InChI is InChI=1S/C17H20ClNO4/c1-22-12-2-3-13-14(20)11-17(23-15(13)10-12)5-8-19(9-6-17)16(21)4-7-18/h2-3,10H,4-9,11H2,1H3. The van der Waals surface area contributed by atoms with Gasteiger partial charge in [0.05, 0.1) is 19.1 Å². The van der Waals surface area contributed by atoms with E-state index in [1.165, 1.54) is 0 Å². The van der Waals surface area contributed by atoms with E-state index in [0.29, 0.717) is 61.7 Å². The van der Waals surface area contributed by atoms with Crippen LogP contribution in [-0.4, -0.2) is 48.3 Å². The van der Waals surface area contributed by atoms with E-state index < -0.39 is 5.60 Å². The third-order valence-electron chi connectivity index (χ3n) is 4.63. The second kappa shape index (κ2) is 6.40. The van der Waals surface area contributed by atoms with Gasteiger partial charge in [-0.3, -0.25) is 9.59 Å². The second-order valence-electron chi connectivity index (χ2n) is 6.07. The summed E-state index contributed by atoms with van der Waals surface area (Å²) < 4.78 is 11.4. The number of methoxy groups -OCH3 is 1. The predicted octanol–water partition coefficient (Wildman–Crippen LogP) is 2.65. The minimum absolute atomic E-state index is 0.0686. The quantitative estimate of drug-likeness (QED) is 0.796. The van der Waals surface area contributed by atoms with Crippen molar-refractivity contribution in [2.45, 2.75) is 31.3 Å². The molecule has 23 heavy (non-hydrogen) atoms. The van der Waals surface area contributed by atoms with Crippen LogP contribution in [0.3, 0.4) is 0 Å². The molecule has 0 aliphatic carbocycles. The van der Waals surface area contributed by atoms with E-state index in [1.807, 2.05) is 4.90 Å². The van der Waals surface area contributed by atoms with E-state index in [0.717, 1.165) is 0 Å². The van der Waals surface area contributed by atoms with E-state index in [9.17, 15) is 9.59 Å². The lowest BCUT2D eigenvalue weighted by molar-refractivity contribution is -0.134. The topological polar surface area (TPSA) is 55.8 Å². The third kappa shape index (κ3) is 3.15. The maximum atomic E-state index is 12.5. The first-order valence-corrected chi connectivity index (χ1v) is 8.34. The summed E-state index contributed by atoms with van der Waals surface area (Å²) >= 11 is 5.63. The normalized spacial score (nSPS) is 19.2. The van der Waals surface area contributed by atoms with E-state index in [-0.39, 0.29) is 11.7 Å². The Kier molecular flexibility index (Phi) is 4.48. The van der Waals surface area contributed by atoms with Crippen molar-refractivity contribution >= 4 is 23.3 Å². The molecule has 2 heterocycles. The predicted molar refractivity (Wildman–Crippen MR) is 86.5 cm³/mol. The number of piperidine rings is 1. The van der Waals surface area contributed by atoms with E-state index in [2.05, 4.69) is 0 Å². The molecular weight excluding hydrogens is 318 g/mol. The molecule has 0 N–H and O–H groups in total. The molecule has 1 amide bonds. The molecule has 1 aromatic rings. The molecule has 2 aliphatic heterocycles. The number of nitrogens with zero attached hydrogens (tertiary/aromatic N) is 1. The molecule has 1 aromatic carbocycles. The molecule has 6 heteroatoms. The van der Waals surface area contributed by atoms with Gasteiger partial charge in [0.2, 0.25) is 5.91 Å². The van der Waals surface area contributed by atoms with Gasteiger partial charge in [0, 0.05) is 44.3 Å². The highest BCUT2D eigenvalue weighted by molar-refractivity contribution is 6.18. The highest BCUT2D eigenvalue weighted by Crippen LogP contribution is 2.40. The fourth-order valence-electron chi connectivity index (χ4n) is 3.28. The zero-order valence-electron chi connectivity index (χ0n) is 13.1. The second-order valence-corrected chi connectivity index (χ2v) is 6.44. The van der Waals surface area contributed by atoms with Gasteiger partial charge in [0.1, 0.15) is 17.1 Å². The van der Waals surface area contributed by atoms with Crippen LogP contribution >= 0.6 is 11.6 Å². The number of rotatable bonds is 3. The van der Waals surface area contributed by atoms with Gasteiger partial charge in [-0.05, 0) is 12.1 Å². The van der Waals surface area contributed by atoms with Crippen molar-refractivity contribution in [2.75, 3.05) is 26.1 Å². The van der Waals surface area contributed by atoms with Crippen molar-refractivity contribution in [1.82, 2.24) is 4.90 Å². The average Bonchev–Trinajstić information content (AvgIpc) is 2.55. The van der Waals surface area contributed by atoms with Gasteiger partial charge in [-0.25, -0.2) is 0 Å². The number of hydrogen-bond donors (Lipinski definition) is 0. The van der Waals surface area contributed by atoms with Gasteiger partial charge in [-0.1, -0.05) is 0 Å². The van der Waals surface area contributed by atoms with Gasteiger partial charge >= 0.3 is 0 Å².